The first kappa shape index (κ1) is 17.9. The van der Waals surface area contributed by atoms with Crippen molar-refractivity contribution in [2.45, 2.75) is 19.6 Å². The normalized spacial score (nSPS) is 12.2. The Hall–Kier alpha value is -3.45. The quantitative estimate of drug-likeness (QED) is 0.455. The number of hydrogen-bond acceptors (Lipinski definition) is 7. The average molecular weight is 378 g/mol. The predicted octanol–water partition coefficient (Wildman–Crippen LogP) is 4.55. The summed E-state index contributed by atoms with van der Waals surface area (Å²) in [7, 11) is 1.56. The average Bonchev–Trinajstić information content (AvgIpc) is 3.35. The van der Waals surface area contributed by atoms with Crippen LogP contribution in [0.4, 0.5) is 0 Å². The van der Waals surface area contributed by atoms with Gasteiger partial charge in [-0.2, -0.15) is 0 Å². The fourth-order valence-corrected chi connectivity index (χ4v) is 2.91. The Labute approximate surface area is 160 Å². The van der Waals surface area contributed by atoms with Gasteiger partial charge in [-0.3, -0.25) is 0 Å². The summed E-state index contributed by atoms with van der Waals surface area (Å²) in [6, 6.07) is 16.7. The van der Waals surface area contributed by atoms with Crippen molar-refractivity contribution in [3.63, 3.8) is 0 Å². The van der Waals surface area contributed by atoms with Gasteiger partial charge in [0.2, 0.25) is 11.7 Å². The van der Waals surface area contributed by atoms with Crippen molar-refractivity contribution in [2.75, 3.05) is 7.11 Å². The van der Waals surface area contributed by atoms with Gasteiger partial charge in [0.15, 0.2) is 6.10 Å². The van der Waals surface area contributed by atoms with Crippen LogP contribution < -0.4 is 0 Å². The van der Waals surface area contributed by atoms with Crippen LogP contribution in [0.2, 0.25) is 0 Å². The fraction of sp³-hybridized carbons (Fsp3) is 0.190. The summed E-state index contributed by atoms with van der Waals surface area (Å²) < 4.78 is 22.1. The Kier molecular flexibility index (Phi) is 4.90. The maximum Gasteiger partial charge on any atom is 0.375 e. The summed E-state index contributed by atoms with van der Waals surface area (Å²) in [4.78, 5) is 12.7. The molecule has 7 nitrogen and oxygen atoms in total. The third kappa shape index (κ3) is 3.39. The number of ether oxygens (including phenoxy) is 2. The van der Waals surface area contributed by atoms with E-state index < -0.39 is 12.1 Å². The van der Waals surface area contributed by atoms with Gasteiger partial charge in [0.25, 0.3) is 5.89 Å². The SMILES string of the molecule is COCc1c(C(=O)O[C@@H](C)c2nnc(-c3ccccc3)o2)oc2ccccc12. The number of hydrogen-bond donors (Lipinski definition) is 0. The molecule has 7 heteroatoms. The van der Waals surface area contributed by atoms with Crippen LogP contribution in [0.1, 0.15) is 35.0 Å². The van der Waals surface area contributed by atoms with Crippen LogP contribution in [0.15, 0.2) is 63.4 Å². The van der Waals surface area contributed by atoms with Crippen LogP contribution in [-0.2, 0) is 16.1 Å². The van der Waals surface area contributed by atoms with E-state index in [-0.39, 0.29) is 18.3 Å². The Morgan fingerprint density at radius 2 is 1.79 bits per heavy atom. The van der Waals surface area contributed by atoms with E-state index >= 15 is 0 Å². The highest BCUT2D eigenvalue weighted by molar-refractivity contribution is 5.96. The maximum absolute atomic E-state index is 12.7. The largest absolute Gasteiger partial charge is 0.449 e. The molecule has 1 atom stereocenters. The van der Waals surface area contributed by atoms with E-state index in [0.717, 1.165) is 10.9 Å². The van der Waals surface area contributed by atoms with Gasteiger partial charge >= 0.3 is 5.97 Å². The minimum atomic E-state index is -0.735. The number of aromatic nitrogens is 2. The number of carbonyl (C=O) groups is 1. The first-order valence-corrected chi connectivity index (χ1v) is 8.76. The topological polar surface area (TPSA) is 87.6 Å². The van der Waals surface area contributed by atoms with E-state index in [2.05, 4.69) is 10.2 Å². The summed E-state index contributed by atoms with van der Waals surface area (Å²) in [5.74, 6) is 0.0619. The minimum absolute atomic E-state index is 0.109. The lowest BCUT2D eigenvalue weighted by molar-refractivity contribution is 0.0241. The molecule has 0 fully saturated rings. The van der Waals surface area contributed by atoms with Crippen LogP contribution in [0.25, 0.3) is 22.4 Å². The number of rotatable bonds is 6. The Bertz CT molecular complexity index is 1100. The molecule has 0 spiro atoms. The summed E-state index contributed by atoms with van der Waals surface area (Å²) in [5.41, 5.74) is 2.03. The van der Waals surface area contributed by atoms with Crippen LogP contribution in [0.3, 0.4) is 0 Å². The van der Waals surface area contributed by atoms with Gasteiger partial charge in [-0.15, -0.1) is 10.2 Å². The Morgan fingerprint density at radius 1 is 1.04 bits per heavy atom. The van der Waals surface area contributed by atoms with Crippen molar-refractivity contribution >= 4 is 16.9 Å². The first-order chi connectivity index (χ1) is 13.7. The second-order valence-corrected chi connectivity index (χ2v) is 6.20. The highest BCUT2D eigenvalue weighted by Gasteiger charge is 2.26. The van der Waals surface area contributed by atoms with Crippen molar-refractivity contribution in [1.82, 2.24) is 10.2 Å². The minimum Gasteiger partial charge on any atom is -0.449 e. The molecule has 4 aromatic rings. The van der Waals surface area contributed by atoms with Crippen LogP contribution >= 0.6 is 0 Å². The third-order valence-corrected chi connectivity index (χ3v) is 4.27. The molecule has 0 aliphatic carbocycles. The fourth-order valence-electron chi connectivity index (χ4n) is 2.91. The maximum atomic E-state index is 12.7. The lowest BCUT2D eigenvalue weighted by Gasteiger charge is -2.09. The van der Waals surface area contributed by atoms with Crippen molar-refractivity contribution in [3.8, 4) is 11.5 Å². The van der Waals surface area contributed by atoms with Crippen LogP contribution in [0, 0.1) is 0 Å². The van der Waals surface area contributed by atoms with Crippen LogP contribution in [-0.4, -0.2) is 23.3 Å². The zero-order valence-corrected chi connectivity index (χ0v) is 15.4. The van der Waals surface area contributed by atoms with E-state index in [0.29, 0.717) is 17.0 Å². The Balaban J connectivity index is 1.56. The van der Waals surface area contributed by atoms with Gasteiger partial charge < -0.3 is 18.3 Å². The number of methoxy groups -OCH3 is 1. The van der Waals surface area contributed by atoms with E-state index in [9.17, 15) is 4.79 Å². The Morgan fingerprint density at radius 3 is 2.57 bits per heavy atom. The zero-order valence-electron chi connectivity index (χ0n) is 15.4. The molecule has 28 heavy (non-hydrogen) atoms. The number of carbonyl (C=O) groups excluding carboxylic acids is 1. The standard InChI is InChI=1S/C21H18N2O5/c1-13(19-22-23-20(28-19)14-8-4-3-5-9-14)26-21(24)18-16(12-25-2)15-10-6-7-11-17(15)27-18/h3-11,13H,12H2,1-2H3/t13-/m0/s1. The monoisotopic (exact) mass is 378 g/mol. The molecule has 0 radical (unpaired) electrons. The van der Waals surface area contributed by atoms with Crippen molar-refractivity contribution < 1.29 is 23.1 Å². The summed E-state index contributed by atoms with van der Waals surface area (Å²) in [5, 5.41) is 8.82. The number of fused-ring (bicyclic) bond motifs is 1. The number of nitrogens with zero attached hydrogens (tertiary/aromatic N) is 2. The molecule has 0 aliphatic heterocycles. The smallest absolute Gasteiger partial charge is 0.375 e. The second-order valence-electron chi connectivity index (χ2n) is 6.20. The lowest BCUT2D eigenvalue weighted by Crippen LogP contribution is -2.11. The zero-order chi connectivity index (χ0) is 19.5. The molecule has 0 bridgehead atoms. The van der Waals surface area contributed by atoms with Gasteiger partial charge in [-0.1, -0.05) is 36.4 Å². The predicted molar refractivity (Wildman–Crippen MR) is 100 cm³/mol. The van der Waals surface area contributed by atoms with E-state index in [4.69, 9.17) is 18.3 Å². The summed E-state index contributed by atoms with van der Waals surface area (Å²) >= 11 is 0. The molecule has 142 valence electrons. The third-order valence-electron chi connectivity index (χ3n) is 4.27. The van der Waals surface area contributed by atoms with E-state index in [1.54, 1.807) is 20.1 Å². The first-order valence-electron chi connectivity index (χ1n) is 8.76. The molecule has 0 saturated carbocycles. The summed E-state index contributed by atoms with van der Waals surface area (Å²) in [6.07, 6.45) is -0.735. The molecule has 0 saturated heterocycles. The van der Waals surface area contributed by atoms with Crippen molar-refractivity contribution in [2.24, 2.45) is 0 Å². The van der Waals surface area contributed by atoms with E-state index in [1.165, 1.54) is 0 Å². The van der Waals surface area contributed by atoms with Crippen LogP contribution in [0.5, 0.6) is 0 Å². The molecule has 0 amide bonds. The molecule has 2 heterocycles. The number of furan rings is 1. The molecular weight excluding hydrogens is 360 g/mol. The molecule has 2 aromatic carbocycles. The van der Waals surface area contributed by atoms with Gasteiger partial charge in [-0.05, 0) is 25.1 Å². The number of esters is 1. The summed E-state index contributed by atoms with van der Waals surface area (Å²) in [6.45, 7) is 1.90. The molecule has 4 rings (SSSR count). The molecule has 0 N–H and O–H groups in total. The highest BCUT2D eigenvalue weighted by atomic mass is 16.6. The lowest BCUT2D eigenvalue weighted by atomic mass is 10.1. The second kappa shape index (κ2) is 7.66. The highest BCUT2D eigenvalue weighted by Crippen LogP contribution is 2.29. The number of benzene rings is 2. The van der Waals surface area contributed by atoms with Gasteiger partial charge in [0.05, 0.1) is 6.61 Å². The van der Waals surface area contributed by atoms with E-state index in [1.807, 2.05) is 48.5 Å². The van der Waals surface area contributed by atoms with Crippen molar-refractivity contribution in [1.29, 1.82) is 0 Å². The number of para-hydroxylation sites is 1. The van der Waals surface area contributed by atoms with Gasteiger partial charge in [0, 0.05) is 23.6 Å². The molecular formula is C21H18N2O5. The molecule has 0 aliphatic rings. The van der Waals surface area contributed by atoms with Crippen molar-refractivity contribution in [3.05, 3.63) is 71.8 Å². The molecule has 0 unspecified atom stereocenters. The van der Waals surface area contributed by atoms with Gasteiger partial charge in [0.1, 0.15) is 5.58 Å². The molecule has 2 aromatic heterocycles. The van der Waals surface area contributed by atoms with Gasteiger partial charge in [-0.25, -0.2) is 4.79 Å².